The van der Waals surface area contributed by atoms with E-state index in [0.29, 0.717) is 0 Å². The molecule has 0 aromatic carbocycles. The Morgan fingerprint density at radius 1 is 1.25 bits per heavy atom. The molecule has 12 heavy (non-hydrogen) atoms. The maximum absolute atomic E-state index is 5.65. The number of rotatable bonds is 8. The summed E-state index contributed by atoms with van der Waals surface area (Å²) < 4.78 is 0. The number of hydrogen-bond acceptors (Lipinski definition) is 1. The van der Waals surface area contributed by atoms with Gasteiger partial charge in [-0.3, -0.25) is 0 Å². The van der Waals surface area contributed by atoms with E-state index >= 15 is 0 Å². The summed E-state index contributed by atoms with van der Waals surface area (Å²) in [5.41, 5.74) is 0. The summed E-state index contributed by atoms with van der Waals surface area (Å²) in [7, 11) is 0. The molecular formula is C10H21ClS. The standard InChI is InChI=1S/C10H21ClS/c1-3-4-5-6-9-12-10(2)7-8-11/h10H,3-9H2,1-2H3. The normalized spacial score (nSPS) is 13.2. The van der Waals surface area contributed by atoms with Gasteiger partial charge in [0, 0.05) is 11.1 Å². The average molecular weight is 209 g/mol. The highest BCUT2D eigenvalue weighted by molar-refractivity contribution is 7.99. The van der Waals surface area contributed by atoms with E-state index < -0.39 is 0 Å². The summed E-state index contributed by atoms with van der Waals surface area (Å²) >= 11 is 7.71. The second-order valence-electron chi connectivity index (χ2n) is 3.22. The fourth-order valence-corrected chi connectivity index (χ4v) is 2.56. The molecule has 0 amide bonds. The van der Waals surface area contributed by atoms with Crippen molar-refractivity contribution in [3.63, 3.8) is 0 Å². The molecule has 0 spiro atoms. The zero-order valence-electron chi connectivity index (χ0n) is 8.31. The van der Waals surface area contributed by atoms with Gasteiger partial charge in [0.25, 0.3) is 0 Å². The number of alkyl halides is 1. The van der Waals surface area contributed by atoms with Crippen LogP contribution in [0.25, 0.3) is 0 Å². The maximum atomic E-state index is 5.65. The van der Waals surface area contributed by atoms with Gasteiger partial charge in [0.05, 0.1) is 0 Å². The van der Waals surface area contributed by atoms with Crippen molar-refractivity contribution < 1.29 is 0 Å². The van der Waals surface area contributed by atoms with Crippen LogP contribution in [0.15, 0.2) is 0 Å². The Labute approximate surface area is 86.5 Å². The third kappa shape index (κ3) is 8.73. The van der Waals surface area contributed by atoms with Gasteiger partial charge in [0.2, 0.25) is 0 Å². The van der Waals surface area contributed by atoms with E-state index in [2.05, 4.69) is 25.6 Å². The van der Waals surface area contributed by atoms with E-state index in [0.717, 1.165) is 17.6 Å². The largest absolute Gasteiger partial charge is 0.159 e. The van der Waals surface area contributed by atoms with Crippen LogP contribution in [-0.2, 0) is 0 Å². The molecule has 0 radical (unpaired) electrons. The molecule has 0 aliphatic rings. The van der Waals surface area contributed by atoms with Crippen molar-refractivity contribution in [1.82, 2.24) is 0 Å². The minimum absolute atomic E-state index is 0.754. The van der Waals surface area contributed by atoms with E-state index in [1.165, 1.54) is 31.4 Å². The van der Waals surface area contributed by atoms with Gasteiger partial charge in [-0.15, -0.1) is 11.6 Å². The highest BCUT2D eigenvalue weighted by Crippen LogP contribution is 2.16. The van der Waals surface area contributed by atoms with Crippen LogP contribution in [0, 0.1) is 0 Å². The molecule has 0 aliphatic heterocycles. The Morgan fingerprint density at radius 2 is 2.00 bits per heavy atom. The molecule has 0 nitrogen and oxygen atoms in total. The molecule has 0 N–H and O–H groups in total. The monoisotopic (exact) mass is 208 g/mol. The lowest BCUT2D eigenvalue weighted by Crippen LogP contribution is -1.98. The summed E-state index contributed by atoms with van der Waals surface area (Å²) in [4.78, 5) is 0. The van der Waals surface area contributed by atoms with Gasteiger partial charge >= 0.3 is 0 Å². The van der Waals surface area contributed by atoms with Crippen molar-refractivity contribution >= 4 is 23.4 Å². The molecule has 0 aromatic rings. The average Bonchev–Trinajstić information content (AvgIpc) is 2.05. The van der Waals surface area contributed by atoms with Gasteiger partial charge in [-0.1, -0.05) is 33.1 Å². The first-order valence-electron chi connectivity index (χ1n) is 4.98. The smallest absolute Gasteiger partial charge is 0.0233 e. The highest BCUT2D eigenvalue weighted by atomic mass is 35.5. The lowest BCUT2D eigenvalue weighted by molar-refractivity contribution is 0.705. The number of unbranched alkanes of at least 4 members (excludes halogenated alkanes) is 3. The fraction of sp³-hybridized carbons (Fsp3) is 1.00. The first-order chi connectivity index (χ1) is 5.81. The molecule has 0 saturated heterocycles. The van der Waals surface area contributed by atoms with Gasteiger partial charge in [-0.25, -0.2) is 0 Å². The molecule has 0 fully saturated rings. The van der Waals surface area contributed by atoms with Crippen LogP contribution in [0.2, 0.25) is 0 Å². The molecule has 0 saturated carbocycles. The number of thioether (sulfide) groups is 1. The van der Waals surface area contributed by atoms with Gasteiger partial charge in [0.1, 0.15) is 0 Å². The van der Waals surface area contributed by atoms with Crippen molar-refractivity contribution in [1.29, 1.82) is 0 Å². The summed E-state index contributed by atoms with van der Waals surface area (Å²) in [5.74, 6) is 2.13. The topological polar surface area (TPSA) is 0 Å². The van der Waals surface area contributed by atoms with E-state index in [9.17, 15) is 0 Å². The van der Waals surface area contributed by atoms with Crippen LogP contribution >= 0.6 is 23.4 Å². The SMILES string of the molecule is CCCCCCSC(C)CCCl. The van der Waals surface area contributed by atoms with Gasteiger partial charge < -0.3 is 0 Å². The van der Waals surface area contributed by atoms with Crippen molar-refractivity contribution in [2.24, 2.45) is 0 Å². The third-order valence-corrected chi connectivity index (χ3v) is 3.46. The molecule has 0 rings (SSSR count). The molecule has 0 aliphatic carbocycles. The van der Waals surface area contributed by atoms with E-state index in [1.54, 1.807) is 0 Å². The summed E-state index contributed by atoms with van der Waals surface area (Å²) in [5, 5.41) is 0.754. The second kappa shape index (κ2) is 9.73. The fourth-order valence-electron chi connectivity index (χ4n) is 1.05. The first kappa shape index (κ1) is 12.6. The summed E-state index contributed by atoms with van der Waals surface area (Å²) in [6.07, 6.45) is 6.66. The molecule has 1 unspecified atom stereocenters. The first-order valence-corrected chi connectivity index (χ1v) is 6.57. The molecule has 0 aromatic heterocycles. The summed E-state index contributed by atoms with van der Waals surface area (Å²) in [6, 6.07) is 0. The van der Waals surface area contributed by atoms with E-state index in [-0.39, 0.29) is 0 Å². The Balaban J connectivity index is 2.97. The molecular weight excluding hydrogens is 188 g/mol. The number of halogens is 1. The van der Waals surface area contributed by atoms with Crippen molar-refractivity contribution in [3.05, 3.63) is 0 Å². The number of hydrogen-bond donors (Lipinski definition) is 0. The van der Waals surface area contributed by atoms with Crippen molar-refractivity contribution in [2.45, 2.75) is 51.2 Å². The minimum Gasteiger partial charge on any atom is -0.159 e. The molecule has 0 heterocycles. The predicted molar refractivity (Wildman–Crippen MR) is 61.4 cm³/mol. The van der Waals surface area contributed by atoms with Crippen LogP contribution in [-0.4, -0.2) is 16.9 Å². The zero-order chi connectivity index (χ0) is 9.23. The van der Waals surface area contributed by atoms with Crippen LogP contribution in [0.4, 0.5) is 0 Å². The van der Waals surface area contributed by atoms with Gasteiger partial charge in [-0.05, 0) is 18.6 Å². The minimum atomic E-state index is 0.754. The highest BCUT2D eigenvalue weighted by Gasteiger charge is 2.00. The third-order valence-electron chi connectivity index (χ3n) is 1.92. The lowest BCUT2D eigenvalue weighted by Gasteiger charge is -2.08. The van der Waals surface area contributed by atoms with Crippen molar-refractivity contribution in [3.8, 4) is 0 Å². The molecule has 1 atom stereocenters. The van der Waals surface area contributed by atoms with Crippen molar-refractivity contribution in [2.75, 3.05) is 11.6 Å². The Bertz CT molecular complexity index is 85.9. The van der Waals surface area contributed by atoms with Gasteiger partial charge in [-0.2, -0.15) is 11.8 Å². The Morgan fingerprint density at radius 3 is 2.58 bits per heavy atom. The quantitative estimate of drug-likeness (QED) is 0.423. The lowest BCUT2D eigenvalue weighted by atomic mass is 10.2. The Hall–Kier alpha value is 0.640. The van der Waals surface area contributed by atoms with Crippen LogP contribution < -0.4 is 0 Å². The molecule has 0 bridgehead atoms. The van der Waals surface area contributed by atoms with Crippen LogP contribution in [0.1, 0.15) is 46.0 Å². The van der Waals surface area contributed by atoms with E-state index in [1.807, 2.05) is 0 Å². The zero-order valence-corrected chi connectivity index (χ0v) is 9.89. The maximum Gasteiger partial charge on any atom is 0.0233 e. The van der Waals surface area contributed by atoms with Crippen LogP contribution in [0.5, 0.6) is 0 Å². The van der Waals surface area contributed by atoms with E-state index in [4.69, 9.17) is 11.6 Å². The van der Waals surface area contributed by atoms with Crippen LogP contribution in [0.3, 0.4) is 0 Å². The van der Waals surface area contributed by atoms with Gasteiger partial charge in [0.15, 0.2) is 0 Å². The molecule has 74 valence electrons. The second-order valence-corrected chi connectivity index (χ2v) is 5.14. The Kier molecular flexibility index (Phi) is 10.2. The molecule has 2 heteroatoms. The predicted octanol–water partition coefficient (Wildman–Crippen LogP) is 4.32. The summed E-state index contributed by atoms with van der Waals surface area (Å²) in [6.45, 7) is 4.52.